The van der Waals surface area contributed by atoms with E-state index in [1.54, 1.807) is 13.3 Å². The molecule has 0 bridgehead atoms. The highest BCUT2D eigenvalue weighted by atomic mass is 16.5. The van der Waals surface area contributed by atoms with Crippen molar-refractivity contribution in [2.24, 2.45) is 0 Å². The second-order valence-corrected chi connectivity index (χ2v) is 6.60. The zero-order valence-electron chi connectivity index (χ0n) is 15.6. The van der Waals surface area contributed by atoms with Crippen LogP contribution < -0.4 is 15.2 Å². The van der Waals surface area contributed by atoms with Crippen molar-refractivity contribution in [3.05, 3.63) is 46.9 Å². The molecule has 1 saturated heterocycles. The maximum Gasteiger partial charge on any atom is 0.262 e. The number of methoxy groups -OCH3 is 1. The normalized spacial score (nSPS) is 15.3. The van der Waals surface area contributed by atoms with Crippen molar-refractivity contribution in [2.45, 2.75) is 6.92 Å². The molecule has 1 fully saturated rings. The first-order valence-electron chi connectivity index (χ1n) is 9.20. The van der Waals surface area contributed by atoms with Gasteiger partial charge < -0.3 is 14.5 Å². The molecule has 0 unspecified atom stereocenters. The summed E-state index contributed by atoms with van der Waals surface area (Å²) in [6.45, 7) is 6.84. The summed E-state index contributed by atoms with van der Waals surface area (Å²) in [4.78, 5) is 29.4. The van der Waals surface area contributed by atoms with Crippen LogP contribution in [-0.2, 0) is 0 Å². The van der Waals surface area contributed by atoms with E-state index in [1.165, 1.54) is 0 Å². The molecule has 0 saturated carbocycles. The van der Waals surface area contributed by atoms with Crippen LogP contribution in [0.3, 0.4) is 0 Å². The highest BCUT2D eigenvalue weighted by Gasteiger charge is 2.19. The summed E-state index contributed by atoms with van der Waals surface area (Å²) in [7, 11) is 1.63. The lowest BCUT2D eigenvalue weighted by Gasteiger charge is -2.34. The van der Waals surface area contributed by atoms with E-state index in [9.17, 15) is 4.79 Å². The number of H-pyrrole nitrogens is 1. The highest BCUT2D eigenvalue weighted by molar-refractivity contribution is 5.92. The van der Waals surface area contributed by atoms with Crippen LogP contribution in [0.2, 0.25) is 0 Å². The molecule has 7 heteroatoms. The third-order valence-electron chi connectivity index (χ3n) is 5.12. The quantitative estimate of drug-likeness (QED) is 0.764. The Bertz CT molecular complexity index is 991. The molecule has 27 heavy (non-hydrogen) atoms. The van der Waals surface area contributed by atoms with Gasteiger partial charge in [0.2, 0.25) is 5.95 Å². The summed E-state index contributed by atoms with van der Waals surface area (Å²) in [6.07, 6.45) is 1.70. The van der Waals surface area contributed by atoms with Crippen LogP contribution in [0.15, 0.2) is 41.3 Å². The summed E-state index contributed by atoms with van der Waals surface area (Å²) >= 11 is 0. The van der Waals surface area contributed by atoms with Gasteiger partial charge >= 0.3 is 0 Å². The number of hydrogen-bond acceptors (Lipinski definition) is 6. The SMILES string of the molecule is CCN1CCN(c2nc3nccc(-c4ccc(OC)cc4)c3c(=O)[nH]2)CC1. The van der Waals surface area contributed by atoms with E-state index in [1.807, 2.05) is 30.3 Å². The average molecular weight is 365 g/mol. The third kappa shape index (κ3) is 3.38. The number of nitrogens with one attached hydrogen (secondary N) is 1. The Morgan fingerprint density at radius 2 is 1.85 bits per heavy atom. The number of piperazine rings is 1. The van der Waals surface area contributed by atoms with Gasteiger partial charge in [0, 0.05) is 32.4 Å². The fraction of sp³-hybridized carbons (Fsp3) is 0.350. The Labute approximate surface area is 157 Å². The van der Waals surface area contributed by atoms with E-state index in [-0.39, 0.29) is 5.56 Å². The number of anilines is 1. The molecule has 1 N–H and O–H groups in total. The van der Waals surface area contributed by atoms with E-state index in [0.29, 0.717) is 17.0 Å². The van der Waals surface area contributed by atoms with Crippen molar-refractivity contribution < 1.29 is 4.74 Å². The third-order valence-corrected chi connectivity index (χ3v) is 5.12. The summed E-state index contributed by atoms with van der Waals surface area (Å²) in [6, 6.07) is 9.48. The van der Waals surface area contributed by atoms with Crippen LogP contribution in [0.1, 0.15) is 6.92 Å². The van der Waals surface area contributed by atoms with Crippen LogP contribution in [0.4, 0.5) is 5.95 Å². The minimum Gasteiger partial charge on any atom is -0.497 e. The molecule has 0 radical (unpaired) electrons. The molecular formula is C20H23N5O2. The fourth-order valence-corrected chi connectivity index (χ4v) is 3.49. The molecule has 2 aromatic heterocycles. The Hall–Kier alpha value is -2.93. The molecule has 4 rings (SSSR count). The molecule has 1 aliphatic heterocycles. The molecule has 7 nitrogen and oxygen atoms in total. The van der Waals surface area contributed by atoms with Crippen LogP contribution in [0.5, 0.6) is 5.75 Å². The van der Waals surface area contributed by atoms with Gasteiger partial charge in [0.25, 0.3) is 5.56 Å². The second-order valence-electron chi connectivity index (χ2n) is 6.60. The average Bonchev–Trinajstić information content (AvgIpc) is 2.73. The largest absolute Gasteiger partial charge is 0.497 e. The molecular weight excluding hydrogens is 342 g/mol. The molecule has 1 aromatic carbocycles. The minimum atomic E-state index is -0.160. The number of pyridine rings is 1. The Morgan fingerprint density at radius 3 is 2.52 bits per heavy atom. The fourth-order valence-electron chi connectivity index (χ4n) is 3.49. The zero-order valence-corrected chi connectivity index (χ0v) is 15.6. The number of ether oxygens (including phenoxy) is 1. The van der Waals surface area contributed by atoms with Crippen LogP contribution in [-0.4, -0.2) is 59.7 Å². The summed E-state index contributed by atoms with van der Waals surface area (Å²) < 4.78 is 5.21. The van der Waals surface area contributed by atoms with E-state index in [2.05, 4.69) is 31.7 Å². The van der Waals surface area contributed by atoms with Gasteiger partial charge in [-0.15, -0.1) is 0 Å². The maximum absolute atomic E-state index is 12.9. The maximum atomic E-state index is 12.9. The molecule has 0 spiro atoms. The molecule has 0 amide bonds. The first-order chi connectivity index (χ1) is 13.2. The number of aromatic nitrogens is 3. The van der Waals surface area contributed by atoms with E-state index in [4.69, 9.17) is 4.74 Å². The number of rotatable bonds is 4. The van der Waals surface area contributed by atoms with Gasteiger partial charge in [-0.05, 0) is 35.9 Å². The van der Waals surface area contributed by atoms with E-state index < -0.39 is 0 Å². The standard InChI is InChI=1S/C20H23N5O2/c1-3-24-10-12-25(13-11-24)20-22-18-17(19(26)23-20)16(8-9-21-18)14-4-6-15(27-2)7-5-14/h4-9H,3,10-13H2,1-2H3,(H,21,22,23,26). The molecule has 3 aromatic rings. The van der Waals surface area contributed by atoms with Gasteiger partial charge in [0.15, 0.2) is 5.65 Å². The topological polar surface area (TPSA) is 74.4 Å². The summed E-state index contributed by atoms with van der Waals surface area (Å²) in [5.41, 5.74) is 2.06. The molecule has 0 aliphatic carbocycles. The molecule has 3 heterocycles. The number of aromatic amines is 1. The smallest absolute Gasteiger partial charge is 0.262 e. The number of hydrogen-bond donors (Lipinski definition) is 1. The van der Waals surface area contributed by atoms with Gasteiger partial charge in [0.1, 0.15) is 5.75 Å². The van der Waals surface area contributed by atoms with Crippen molar-refractivity contribution >= 4 is 17.0 Å². The first-order valence-corrected chi connectivity index (χ1v) is 9.20. The lowest BCUT2D eigenvalue weighted by atomic mass is 10.0. The van der Waals surface area contributed by atoms with E-state index >= 15 is 0 Å². The lowest BCUT2D eigenvalue weighted by Crippen LogP contribution is -2.47. The Morgan fingerprint density at radius 1 is 1.11 bits per heavy atom. The monoisotopic (exact) mass is 365 g/mol. The van der Waals surface area contributed by atoms with Gasteiger partial charge in [0.05, 0.1) is 12.5 Å². The first kappa shape index (κ1) is 17.5. The summed E-state index contributed by atoms with van der Waals surface area (Å²) in [5.74, 6) is 1.38. The van der Waals surface area contributed by atoms with Gasteiger partial charge in [-0.2, -0.15) is 4.98 Å². The van der Waals surface area contributed by atoms with Crippen LogP contribution in [0.25, 0.3) is 22.2 Å². The Kier molecular flexibility index (Phi) is 4.77. The Balaban J connectivity index is 1.73. The zero-order chi connectivity index (χ0) is 18.8. The second kappa shape index (κ2) is 7.36. The van der Waals surface area contributed by atoms with Crippen molar-refractivity contribution in [3.8, 4) is 16.9 Å². The predicted molar refractivity (Wildman–Crippen MR) is 106 cm³/mol. The lowest BCUT2D eigenvalue weighted by molar-refractivity contribution is 0.270. The van der Waals surface area contributed by atoms with Crippen molar-refractivity contribution in [1.82, 2.24) is 19.9 Å². The summed E-state index contributed by atoms with van der Waals surface area (Å²) in [5, 5.41) is 0.513. The van der Waals surface area contributed by atoms with Gasteiger partial charge in [-0.3, -0.25) is 9.78 Å². The van der Waals surface area contributed by atoms with Crippen molar-refractivity contribution in [1.29, 1.82) is 0 Å². The highest BCUT2D eigenvalue weighted by Crippen LogP contribution is 2.26. The van der Waals surface area contributed by atoms with Crippen molar-refractivity contribution in [3.63, 3.8) is 0 Å². The number of benzene rings is 1. The van der Waals surface area contributed by atoms with E-state index in [0.717, 1.165) is 49.6 Å². The van der Waals surface area contributed by atoms with Gasteiger partial charge in [-0.1, -0.05) is 19.1 Å². The molecule has 0 atom stereocenters. The van der Waals surface area contributed by atoms with Crippen LogP contribution >= 0.6 is 0 Å². The predicted octanol–water partition coefficient (Wildman–Crippen LogP) is 2.14. The number of likely N-dealkylation sites (N-methyl/N-ethyl adjacent to an activating group) is 1. The van der Waals surface area contributed by atoms with Crippen molar-refractivity contribution in [2.75, 3.05) is 44.7 Å². The number of fused-ring (bicyclic) bond motifs is 1. The van der Waals surface area contributed by atoms with Gasteiger partial charge in [-0.25, -0.2) is 4.98 Å². The van der Waals surface area contributed by atoms with Crippen LogP contribution in [0, 0.1) is 0 Å². The minimum absolute atomic E-state index is 0.160. The molecule has 140 valence electrons. The number of nitrogens with zero attached hydrogens (tertiary/aromatic N) is 4. The molecule has 1 aliphatic rings.